The lowest BCUT2D eigenvalue weighted by Crippen LogP contribution is -2.29. The van der Waals surface area contributed by atoms with Crippen molar-refractivity contribution in [3.8, 4) is 5.75 Å². The van der Waals surface area contributed by atoms with Crippen LogP contribution in [0.3, 0.4) is 0 Å². The average Bonchev–Trinajstić information content (AvgIpc) is 3.63. The summed E-state index contributed by atoms with van der Waals surface area (Å²) >= 11 is 6.31. The Kier molecular flexibility index (Phi) is 7.86. The SMILES string of the molecule is O=C(COc1ccc(S(=O)(=O)N2CCc3ccccc32)cc1Cl)NCc1ccc(S(=O)(=O)N2CCCC2)cc1. The van der Waals surface area contributed by atoms with Crippen LogP contribution in [-0.4, -0.2) is 53.3 Å². The molecule has 206 valence electrons. The molecule has 39 heavy (non-hydrogen) atoms. The number of fused-ring (bicyclic) bond motifs is 1. The first kappa shape index (κ1) is 27.4. The fraction of sp³-hybridized carbons (Fsp3) is 0.296. The van der Waals surface area contributed by atoms with E-state index < -0.39 is 26.0 Å². The summed E-state index contributed by atoms with van der Waals surface area (Å²) in [6.45, 7) is 1.29. The maximum absolute atomic E-state index is 13.2. The molecule has 0 atom stereocenters. The number of sulfonamides is 2. The van der Waals surface area contributed by atoms with E-state index in [9.17, 15) is 21.6 Å². The summed E-state index contributed by atoms with van der Waals surface area (Å²) < 4.78 is 60.1. The van der Waals surface area contributed by atoms with Crippen LogP contribution in [-0.2, 0) is 37.8 Å². The first-order valence-corrected chi connectivity index (χ1v) is 15.8. The molecule has 0 saturated carbocycles. The van der Waals surface area contributed by atoms with Gasteiger partial charge >= 0.3 is 0 Å². The highest BCUT2D eigenvalue weighted by atomic mass is 35.5. The van der Waals surface area contributed by atoms with Crippen molar-refractivity contribution in [3.05, 3.63) is 82.9 Å². The monoisotopic (exact) mass is 589 g/mol. The molecule has 5 rings (SSSR count). The van der Waals surface area contributed by atoms with Gasteiger partial charge < -0.3 is 10.1 Å². The highest BCUT2D eigenvalue weighted by Gasteiger charge is 2.31. The molecule has 0 radical (unpaired) electrons. The number of benzene rings is 3. The van der Waals surface area contributed by atoms with Gasteiger partial charge in [0, 0.05) is 26.2 Å². The van der Waals surface area contributed by atoms with Crippen molar-refractivity contribution in [3.63, 3.8) is 0 Å². The van der Waals surface area contributed by atoms with E-state index >= 15 is 0 Å². The van der Waals surface area contributed by atoms with Crippen LogP contribution in [0.4, 0.5) is 5.69 Å². The number of hydrogen-bond donors (Lipinski definition) is 1. The number of nitrogens with zero attached hydrogens (tertiary/aromatic N) is 2. The molecule has 2 heterocycles. The number of halogens is 1. The first-order valence-electron chi connectivity index (χ1n) is 12.5. The molecule has 3 aromatic rings. The molecule has 9 nitrogen and oxygen atoms in total. The average molecular weight is 590 g/mol. The van der Waals surface area contributed by atoms with Gasteiger partial charge in [-0.1, -0.05) is 41.9 Å². The molecule has 1 N–H and O–H groups in total. The molecule has 0 aromatic heterocycles. The van der Waals surface area contributed by atoms with Crippen molar-refractivity contribution in [2.45, 2.75) is 35.6 Å². The van der Waals surface area contributed by atoms with Crippen molar-refractivity contribution in [1.82, 2.24) is 9.62 Å². The van der Waals surface area contributed by atoms with Gasteiger partial charge in [-0.2, -0.15) is 4.31 Å². The van der Waals surface area contributed by atoms with Crippen molar-refractivity contribution < 1.29 is 26.4 Å². The number of amides is 1. The molecule has 2 aliphatic heterocycles. The van der Waals surface area contributed by atoms with E-state index in [1.807, 2.05) is 12.1 Å². The second kappa shape index (κ2) is 11.2. The van der Waals surface area contributed by atoms with Crippen LogP contribution < -0.4 is 14.4 Å². The van der Waals surface area contributed by atoms with E-state index in [1.54, 1.807) is 36.4 Å². The molecule has 1 saturated heterocycles. The predicted octanol–water partition coefficient (Wildman–Crippen LogP) is 3.57. The lowest BCUT2D eigenvalue weighted by atomic mass is 10.2. The minimum atomic E-state index is -3.81. The van der Waals surface area contributed by atoms with Crippen LogP contribution in [0.15, 0.2) is 76.5 Å². The zero-order valence-electron chi connectivity index (χ0n) is 21.0. The molecule has 1 fully saturated rings. The number of anilines is 1. The number of carbonyl (C=O) groups is 1. The topological polar surface area (TPSA) is 113 Å². The molecular formula is C27H28ClN3O6S2. The second-order valence-electron chi connectivity index (χ2n) is 9.37. The Balaban J connectivity index is 1.15. The van der Waals surface area contributed by atoms with Crippen molar-refractivity contribution >= 4 is 43.2 Å². The summed E-state index contributed by atoms with van der Waals surface area (Å²) in [5, 5.41) is 2.79. The minimum Gasteiger partial charge on any atom is -0.482 e. The summed E-state index contributed by atoms with van der Waals surface area (Å²) in [6.07, 6.45) is 2.38. The normalized spacial score (nSPS) is 15.8. The lowest BCUT2D eigenvalue weighted by molar-refractivity contribution is -0.123. The molecule has 0 bridgehead atoms. The molecular weight excluding hydrogens is 562 g/mol. The molecule has 12 heteroatoms. The van der Waals surface area contributed by atoms with Crippen LogP contribution >= 0.6 is 11.6 Å². The summed E-state index contributed by atoms with van der Waals surface area (Å²) in [5.41, 5.74) is 2.37. The van der Waals surface area contributed by atoms with E-state index in [0.717, 1.165) is 24.0 Å². The predicted molar refractivity (Wildman–Crippen MR) is 148 cm³/mol. The minimum absolute atomic E-state index is 0.0381. The molecule has 1 amide bonds. The number of carbonyl (C=O) groups excluding carboxylic acids is 1. The van der Waals surface area contributed by atoms with Gasteiger partial charge in [0.1, 0.15) is 5.75 Å². The second-order valence-corrected chi connectivity index (χ2v) is 13.6. The fourth-order valence-corrected chi connectivity index (χ4v) is 8.04. The van der Waals surface area contributed by atoms with Crippen molar-refractivity contribution in [2.75, 3.05) is 30.5 Å². The Morgan fingerprint density at radius 1 is 0.872 bits per heavy atom. The van der Waals surface area contributed by atoms with Gasteiger partial charge in [-0.05, 0) is 66.8 Å². The third-order valence-corrected chi connectivity index (χ3v) is 10.8. The number of para-hydroxylation sites is 1. The number of rotatable bonds is 9. The molecule has 0 unspecified atom stereocenters. The quantitative estimate of drug-likeness (QED) is 0.408. The van der Waals surface area contributed by atoms with Gasteiger partial charge in [-0.25, -0.2) is 16.8 Å². The Bertz CT molecular complexity index is 1590. The molecule has 3 aromatic carbocycles. The summed E-state index contributed by atoms with van der Waals surface area (Å²) in [5.74, 6) is -0.228. The van der Waals surface area contributed by atoms with Crippen LogP contribution in [0.5, 0.6) is 5.75 Å². The van der Waals surface area contributed by atoms with Gasteiger partial charge in [-0.15, -0.1) is 0 Å². The lowest BCUT2D eigenvalue weighted by Gasteiger charge is -2.20. The fourth-order valence-electron chi connectivity index (χ4n) is 4.70. The van der Waals surface area contributed by atoms with E-state index in [-0.39, 0.29) is 33.7 Å². The maximum atomic E-state index is 13.2. The van der Waals surface area contributed by atoms with E-state index in [2.05, 4.69) is 5.32 Å². The summed E-state index contributed by atoms with van der Waals surface area (Å²) in [4.78, 5) is 12.6. The number of nitrogens with one attached hydrogen (secondary N) is 1. The van der Waals surface area contributed by atoms with Crippen molar-refractivity contribution in [1.29, 1.82) is 0 Å². The third-order valence-electron chi connectivity index (χ3n) is 6.81. The Morgan fingerprint density at radius 2 is 1.56 bits per heavy atom. The van der Waals surface area contributed by atoms with Crippen LogP contribution in [0.1, 0.15) is 24.0 Å². The van der Waals surface area contributed by atoms with Gasteiger partial charge in [0.25, 0.3) is 15.9 Å². The van der Waals surface area contributed by atoms with Crippen LogP contribution in [0, 0.1) is 0 Å². The van der Waals surface area contributed by atoms with Crippen LogP contribution in [0.2, 0.25) is 5.02 Å². The van der Waals surface area contributed by atoms with E-state index in [1.165, 1.54) is 26.8 Å². The first-order chi connectivity index (χ1) is 18.7. The number of ether oxygens (including phenoxy) is 1. The third kappa shape index (κ3) is 5.76. The number of hydrogen-bond acceptors (Lipinski definition) is 6. The smallest absolute Gasteiger partial charge is 0.264 e. The van der Waals surface area contributed by atoms with E-state index in [0.29, 0.717) is 31.7 Å². The Labute approximate surface area is 233 Å². The van der Waals surface area contributed by atoms with Crippen molar-refractivity contribution in [2.24, 2.45) is 0 Å². The Hall–Kier alpha value is -3.12. The van der Waals surface area contributed by atoms with Gasteiger partial charge in [0.2, 0.25) is 10.0 Å². The summed E-state index contributed by atoms with van der Waals surface area (Å²) in [6, 6.07) is 18.0. The van der Waals surface area contributed by atoms with Gasteiger partial charge in [-0.3, -0.25) is 9.10 Å². The Morgan fingerprint density at radius 3 is 2.28 bits per heavy atom. The zero-order valence-corrected chi connectivity index (χ0v) is 23.4. The van der Waals surface area contributed by atoms with Gasteiger partial charge in [0.15, 0.2) is 6.61 Å². The summed E-state index contributed by atoms with van der Waals surface area (Å²) in [7, 11) is -7.29. The molecule has 0 spiro atoms. The van der Waals surface area contributed by atoms with Crippen LogP contribution in [0.25, 0.3) is 0 Å². The largest absolute Gasteiger partial charge is 0.482 e. The van der Waals surface area contributed by atoms with E-state index in [4.69, 9.17) is 16.3 Å². The highest BCUT2D eigenvalue weighted by molar-refractivity contribution is 7.92. The zero-order chi connectivity index (χ0) is 27.6. The molecule has 0 aliphatic carbocycles. The molecule has 2 aliphatic rings. The standard InChI is InChI=1S/C27H28ClN3O6S2/c28-24-17-23(39(35,36)31-16-13-21-5-1-2-6-25(21)31)11-12-26(24)37-19-27(32)29-18-20-7-9-22(10-8-20)38(33,34)30-14-3-4-15-30/h1-2,5-12,17H,3-4,13-16,18-19H2,(H,29,32). The maximum Gasteiger partial charge on any atom is 0.264 e. The highest BCUT2D eigenvalue weighted by Crippen LogP contribution is 2.35. The van der Waals surface area contributed by atoms with Gasteiger partial charge in [0.05, 0.1) is 20.5 Å².